The predicted molar refractivity (Wildman–Crippen MR) is 135 cm³/mol. The van der Waals surface area contributed by atoms with Crippen LogP contribution in [0.25, 0.3) is 0 Å². The van der Waals surface area contributed by atoms with E-state index < -0.39 is 22.2 Å². The Morgan fingerprint density at radius 3 is 2.17 bits per heavy atom. The van der Waals surface area contributed by atoms with Gasteiger partial charge >= 0.3 is 16.1 Å². The van der Waals surface area contributed by atoms with Crippen LogP contribution in [0.4, 0.5) is 5.69 Å². The average Bonchev–Trinajstić information content (AvgIpc) is 2.83. The smallest absolute Gasteiger partial charge is 0.339 e. The van der Waals surface area contributed by atoms with Gasteiger partial charge in [-0.3, -0.25) is 0 Å². The van der Waals surface area contributed by atoms with Crippen molar-refractivity contribution in [3.8, 4) is 5.75 Å². The van der Waals surface area contributed by atoms with Gasteiger partial charge in [0.2, 0.25) is 0 Å². The number of benzene rings is 3. The summed E-state index contributed by atoms with van der Waals surface area (Å²) in [6.45, 7) is 4.79. The fraction of sp³-hybridized carbons (Fsp3) is 0.296. The Morgan fingerprint density at radius 2 is 1.57 bits per heavy atom. The molecule has 8 heteroatoms. The molecule has 0 aliphatic rings. The average molecular weight is 498 g/mol. The Morgan fingerprint density at radius 1 is 0.943 bits per heavy atom. The van der Waals surface area contributed by atoms with Crippen LogP contribution in [0.1, 0.15) is 30.0 Å². The van der Waals surface area contributed by atoms with Crippen LogP contribution in [0.3, 0.4) is 0 Å². The Bertz CT molecular complexity index is 1190. The normalized spacial score (nSPS) is 12.2. The van der Waals surface area contributed by atoms with Gasteiger partial charge in [0.25, 0.3) is 0 Å². The number of carboxylic acids is 1. The van der Waals surface area contributed by atoms with Crippen molar-refractivity contribution in [1.29, 1.82) is 0 Å². The van der Waals surface area contributed by atoms with Crippen molar-refractivity contribution in [3.05, 3.63) is 89.5 Å². The fourth-order valence-corrected chi connectivity index (χ4v) is 4.44. The van der Waals surface area contributed by atoms with E-state index in [4.69, 9.17) is 8.92 Å². The highest BCUT2D eigenvalue weighted by Crippen LogP contribution is 2.20. The zero-order chi connectivity index (χ0) is 25.3. The summed E-state index contributed by atoms with van der Waals surface area (Å²) < 4.78 is 35.3. The molecule has 3 aromatic carbocycles. The largest absolute Gasteiger partial charge is 0.479 e. The van der Waals surface area contributed by atoms with Crippen LogP contribution in [0.5, 0.6) is 5.75 Å². The van der Waals surface area contributed by atoms with Gasteiger partial charge in [0.05, 0.1) is 0 Å². The van der Waals surface area contributed by atoms with Gasteiger partial charge in [0.15, 0.2) is 6.10 Å². The van der Waals surface area contributed by atoms with E-state index in [-0.39, 0.29) is 10.6 Å². The minimum absolute atomic E-state index is 0.127. The van der Waals surface area contributed by atoms with Crippen LogP contribution >= 0.6 is 0 Å². The van der Waals surface area contributed by atoms with Crippen molar-refractivity contribution in [1.82, 2.24) is 0 Å². The molecule has 0 spiro atoms. The van der Waals surface area contributed by atoms with Gasteiger partial charge in [0, 0.05) is 25.3 Å². The molecule has 3 aromatic rings. The Hall–Kier alpha value is -3.36. The van der Waals surface area contributed by atoms with Gasteiger partial charge in [-0.05, 0) is 74.2 Å². The molecular weight excluding hydrogens is 466 g/mol. The summed E-state index contributed by atoms with van der Waals surface area (Å²) in [6.07, 6.45) is 1.20. The van der Waals surface area contributed by atoms with Crippen molar-refractivity contribution in [2.24, 2.45) is 0 Å². The first-order valence-electron chi connectivity index (χ1n) is 11.5. The Kier molecular flexibility index (Phi) is 9.28. The lowest BCUT2D eigenvalue weighted by atomic mass is 10.1. The van der Waals surface area contributed by atoms with E-state index in [1.165, 1.54) is 12.1 Å². The Labute approximate surface area is 206 Å². The molecular formula is C27H31NO6S. The van der Waals surface area contributed by atoms with Crippen LogP contribution in [0.2, 0.25) is 0 Å². The van der Waals surface area contributed by atoms with E-state index in [1.54, 1.807) is 31.2 Å². The van der Waals surface area contributed by atoms with E-state index in [1.807, 2.05) is 43.3 Å². The van der Waals surface area contributed by atoms with E-state index in [0.29, 0.717) is 13.0 Å². The molecule has 0 bridgehead atoms. The predicted octanol–water partition coefficient (Wildman–Crippen LogP) is 4.84. The van der Waals surface area contributed by atoms with Crippen molar-refractivity contribution in [2.45, 2.75) is 44.1 Å². The number of hydrogen-bond acceptors (Lipinski definition) is 6. The highest BCUT2D eigenvalue weighted by atomic mass is 32.2. The SMILES string of the molecule is CCOC(Cc1ccc(NCCCc2ccc(OS(=O)(=O)c3ccc(C)cc3)cc2)cc1)C(=O)O. The second kappa shape index (κ2) is 12.4. The molecule has 2 N–H and O–H groups in total. The number of carbonyl (C=O) groups is 1. The lowest BCUT2D eigenvalue weighted by molar-refractivity contribution is -0.149. The summed E-state index contributed by atoms with van der Waals surface area (Å²) in [4.78, 5) is 11.4. The topological polar surface area (TPSA) is 102 Å². The van der Waals surface area contributed by atoms with Crippen molar-refractivity contribution in [3.63, 3.8) is 0 Å². The van der Waals surface area contributed by atoms with Gasteiger partial charge in [-0.2, -0.15) is 8.42 Å². The molecule has 0 amide bonds. The number of nitrogens with one attached hydrogen (secondary N) is 1. The van der Waals surface area contributed by atoms with E-state index in [2.05, 4.69) is 5.32 Å². The fourth-order valence-electron chi connectivity index (χ4n) is 3.51. The van der Waals surface area contributed by atoms with Crippen LogP contribution in [-0.4, -0.2) is 38.7 Å². The minimum Gasteiger partial charge on any atom is -0.479 e. The molecule has 0 aliphatic heterocycles. The molecule has 0 saturated heterocycles. The number of hydrogen-bond donors (Lipinski definition) is 2. The van der Waals surface area contributed by atoms with Crippen LogP contribution in [0, 0.1) is 6.92 Å². The Balaban J connectivity index is 1.44. The minimum atomic E-state index is -3.86. The summed E-state index contributed by atoms with van der Waals surface area (Å²) >= 11 is 0. The van der Waals surface area contributed by atoms with E-state index in [9.17, 15) is 18.3 Å². The first-order chi connectivity index (χ1) is 16.8. The van der Waals surface area contributed by atoms with Gasteiger partial charge in [-0.25, -0.2) is 4.79 Å². The molecule has 0 aromatic heterocycles. The number of anilines is 1. The molecule has 186 valence electrons. The van der Waals surface area contributed by atoms with Crippen LogP contribution in [0.15, 0.2) is 77.7 Å². The quantitative estimate of drug-likeness (QED) is 0.257. The summed E-state index contributed by atoms with van der Waals surface area (Å²) in [6, 6.07) is 21.3. The third-order valence-electron chi connectivity index (χ3n) is 5.43. The van der Waals surface area contributed by atoms with Gasteiger partial charge in [-0.1, -0.05) is 42.0 Å². The monoisotopic (exact) mass is 497 g/mol. The third-order valence-corrected chi connectivity index (χ3v) is 6.69. The maximum Gasteiger partial charge on any atom is 0.339 e. The molecule has 1 unspecified atom stereocenters. The number of carboxylic acid groups (broad SMARTS) is 1. The molecule has 3 rings (SSSR count). The summed E-state index contributed by atoms with van der Waals surface area (Å²) in [7, 11) is -3.86. The van der Waals surface area contributed by atoms with Crippen LogP contribution < -0.4 is 9.50 Å². The van der Waals surface area contributed by atoms with Crippen molar-refractivity contribution in [2.75, 3.05) is 18.5 Å². The number of aliphatic carboxylic acids is 1. The summed E-state index contributed by atoms with van der Waals surface area (Å²) in [5.41, 5.74) is 3.93. The second-order valence-corrected chi connectivity index (χ2v) is 9.75. The van der Waals surface area contributed by atoms with Crippen molar-refractivity contribution < 1.29 is 27.2 Å². The van der Waals surface area contributed by atoms with Gasteiger partial charge in [-0.15, -0.1) is 0 Å². The lowest BCUT2D eigenvalue weighted by Crippen LogP contribution is -2.26. The maximum atomic E-state index is 12.4. The highest BCUT2D eigenvalue weighted by Gasteiger charge is 2.18. The third kappa shape index (κ3) is 8.12. The zero-order valence-corrected chi connectivity index (χ0v) is 20.8. The molecule has 0 saturated carbocycles. The molecule has 0 aliphatic carbocycles. The molecule has 0 radical (unpaired) electrons. The molecule has 0 heterocycles. The maximum absolute atomic E-state index is 12.4. The first-order valence-corrected chi connectivity index (χ1v) is 12.9. The second-order valence-electron chi connectivity index (χ2n) is 8.21. The van der Waals surface area contributed by atoms with E-state index in [0.717, 1.165) is 41.8 Å². The van der Waals surface area contributed by atoms with Crippen LogP contribution in [-0.2, 0) is 32.5 Å². The number of rotatable bonds is 13. The summed E-state index contributed by atoms with van der Waals surface area (Å²) in [5.74, 6) is -0.677. The lowest BCUT2D eigenvalue weighted by Gasteiger charge is -2.13. The van der Waals surface area contributed by atoms with Gasteiger partial charge in [0.1, 0.15) is 10.6 Å². The first kappa shape index (κ1) is 26.2. The molecule has 1 atom stereocenters. The van der Waals surface area contributed by atoms with Gasteiger partial charge < -0.3 is 19.3 Å². The van der Waals surface area contributed by atoms with Crippen molar-refractivity contribution >= 4 is 21.8 Å². The zero-order valence-electron chi connectivity index (χ0n) is 19.9. The number of aryl methyl sites for hydroxylation is 2. The summed E-state index contributed by atoms with van der Waals surface area (Å²) in [5, 5.41) is 12.6. The highest BCUT2D eigenvalue weighted by molar-refractivity contribution is 7.87. The van der Waals surface area contributed by atoms with E-state index >= 15 is 0 Å². The standard InChI is InChI=1S/C27H31NO6S/c1-3-33-26(27(29)30)19-22-8-12-23(13-9-22)28-18-4-5-21-10-14-24(15-11-21)34-35(31,32)25-16-6-20(2)7-17-25/h6-17,26,28H,3-5,18-19H2,1-2H3,(H,29,30). The molecule has 35 heavy (non-hydrogen) atoms. The molecule has 0 fully saturated rings. The molecule has 7 nitrogen and oxygen atoms in total. The number of ether oxygens (including phenoxy) is 1.